The van der Waals surface area contributed by atoms with E-state index in [2.05, 4.69) is 15.3 Å². The Balaban J connectivity index is 3.29. The fraction of sp³-hybridized carbons (Fsp3) is 0.684. The van der Waals surface area contributed by atoms with Crippen molar-refractivity contribution in [3.05, 3.63) is 11.9 Å². The van der Waals surface area contributed by atoms with Gasteiger partial charge in [0.1, 0.15) is 5.54 Å². The molecule has 1 aromatic heterocycles. The van der Waals surface area contributed by atoms with Gasteiger partial charge in [0, 0.05) is 13.1 Å². The first-order valence-electron chi connectivity index (χ1n) is 9.47. The van der Waals surface area contributed by atoms with Crippen LogP contribution in [0.2, 0.25) is 0 Å². The average Bonchev–Trinajstić information content (AvgIpc) is 2.60. The van der Waals surface area contributed by atoms with Gasteiger partial charge in [-0.15, -0.1) is 0 Å². The van der Waals surface area contributed by atoms with E-state index in [1.54, 1.807) is 20.8 Å². The van der Waals surface area contributed by atoms with Crippen LogP contribution in [0.25, 0.3) is 0 Å². The molecule has 1 unspecified atom stereocenters. The maximum absolute atomic E-state index is 12.7. The molecule has 0 aliphatic carbocycles. The Kier molecular flexibility index (Phi) is 7.99. The minimum Gasteiger partial charge on any atom is -0.479 e. The van der Waals surface area contributed by atoms with Gasteiger partial charge in [0.15, 0.2) is 11.5 Å². The Bertz CT molecular complexity index is 659. The van der Waals surface area contributed by atoms with Crippen LogP contribution in [0.4, 0.5) is 5.82 Å². The van der Waals surface area contributed by atoms with Crippen molar-refractivity contribution < 1.29 is 19.4 Å². The molecule has 0 saturated carbocycles. The summed E-state index contributed by atoms with van der Waals surface area (Å²) in [5, 5.41) is 12.3. The summed E-state index contributed by atoms with van der Waals surface area (Å²) in [6.07, 6.45) is 1.47. The molecule has 152 valence electrons. The molecule has 1 aromatic rings. The van der Waals surface area contributed by atoms with Crippen LogP contribution in [0, 0.1) is 5.92 Å². The number of aromatic nitrogens is 2. The lowest BCUT2D eigenvalue weighted by Gasteiger charge is -2.33. The van der Waals surface area contributed by atoms with Crippen molar-refractivity contribution in [2.24, 2.45) is 5.92 Å². The molecular weight excluding hydrogens is 348 g/mol. The molecule has 1 rings (SSSR count). The Hall–Kier alpha value is -2.38. The standard InChI is InChI=1S/C19H32N4O4/c1-8-19(12(4)5,18(25)26)22-16(24)14-11-20-15(23(9-2)10-3)17(21-14)27-13(6)7/h11-13H,8-10H2,1-7H3,(H,22,24)(H,25,26). The summed E-state index contributed by atoms with van der Waals surface area (Å²) in [4.78, 5) is 35.2. The number of rotatable bonds is 10. The zero-order valence-electron chi connectivity index (χ0n) is 17.4. The Labute approximate surface area is 161 Å². The van der Waals surface area contributed by atoms with Crippen molar-refractivity contribution in [1.29, 1.82) is 0 Å². The minimum atomic E-state index is -1.37. The molecular formula is C19H32N4O4. The molecule has 1 atom stereocenters. The number of hydrogen-bond donors (Lipinski definition) is 2. The fourth-order valence-corrected chi connectivity index (χ4v) is 2.88. The predicted molar refractivity (Wildman–Crippen MR) is 104 cm³/mol. The fourth-order valence-electron chi connectivity index (χ4n) is 2.88. The molecule has 0 spiro atoms. The number of ether oxygens (including phenoxy) is 1. The minimum absolute atomic E-state index is 0.0290. The van der Waals surface area contributed by atoms with E-state index in [9.17, 15) is 14.7 Å². The number of carboxylic acids is 1. The molecule has 0 saturated heterocycles. The monoisotopic (exact) mass is 380 g/mol. The van der Waals surface area contributed by atoms with Gasteiger partial charge in [-0.25, -0.2) is 14.8 Å². The van der Waals surface area contributed by atoms with Crippen molar-refractivity contribution >= 4 is 17.7 Å². The number of anilines is 1. The van der Waals surface area contributed by atoms with E-state index in [1.807, 2.05) is 32.6 Å². The van der Waals surface area contributed by atoms with Gasteiger partial charge in [0.05, 0.1) is 12.3 Å². The number of carbonyl (C=O) groups is 2. The van der Waals surface area contributed by atoms with Crippen LogP contribution < -0.4 is 15.0 Å². The second-order valence-corrected chi connectivity index (χ2v) is 6.96. The number of aliphatic carboxylic acids is 1. The molecule has 8 nitrogen and oxygen atoms in total. The molecule has 0 fully saturated rings. The highest BCUT2D eigenvalue weighted by atomic mass is 16.5. The van der Waals surface area contributed by atoms with Crippen LogP contribution >= 0.6 is 0 Å². The van der Waals surface area contributed by atoms with E-state index >= 15 is 0 Å². The van der Waals surface area contributed by atoms with Crippen molar-refractivity contribution in [3.63, 3.8) is 0 Å². The van der Waals surface area contributed by atoms with E-state index in [0.717, 1.165) is 13.1 Å². The highest BCUT2D eigenvalue weighted by Crippen LogP contribution is 2.26. The van der Waals surface area contributed by atoms with Crippen LogP contribution in [0.15, 0.2) is 6.20 Å². The molecule has 0 radical (unpaired) electrons. The number of nitrogens with zero attached hydrogens (tertiary/aromatic N) is 3. The summed E-state index contributed by atoms with van der Waals surface area (Å²) in [6.45, 7) is 14.4. The van der Waals surface area contributed by atoms with Crippen LogP contribution in [0.5, 0.6) is 5.88 Å². The lowest BCUT2D eigenvalue weighted by Crippen LogP contribution is -2.57. The summed E-state index contributed by atoms with van der Waals surface area (Å²) in [5.74, 6) is -1.12. The first-order chi connectivity index (χ1) is 12.6. The Morgan fingerprint density at radius 1 is 1.22 bits per heavy atom. The molecule has 27 heavy (non-hydrogen) atoms. The summed E-state index contributed by atoms with van der Waals surface area (Å²) in [5.41, 5.74) is -1.34. The van der Waals surface area contributed by atoms with Gasteiger partial charge in [-0.3, -0.25) is 4.79 Å². The molecule has 2 N–H and O–H groups in total. The van der Waals surface area contributed by atoms with Gasteiger partial charge in [0.2, 0.25) is 0 Å². The summed E-state index contributed by atoms with van der Waals surface area (Å²) in [6, 6.07) is 0. The molecule has 0 aromatic carbocycles. The number of hydrogen-bond acceptors (Lipinski definition) is 6. The quantitative estimate of drug-likeness (QED) is 0.643. The highest BCUT2D eigenvalue weighted by Gasteiger charge is 2.42. The summed E-state index contributed by atoms with van der Waals surface area (Å²) < 4.78 is 5.76. The van der Waals surface area contributed by atoms with Crippen molar-refractivity contribution in [1.82, 2.24) is 15.3 Å². The van der Waals surface area contributed by atoms with Crippen LogP contribution in [0.1, 0.15) is 65.4 Å². The lowest BCUT2D eigenvalue weighted by molar-refractivity contribution is -0.146. The number of nitrogens with one attached hydrogen (secondary N) is 1. The van der Waals surface area contributed by atoms with Gasteiger partial charge in [-0.1, -0.05) is 20.8 Å². The van der Waals surface area contributed by atoms with E-state index in [-0.39, 0.29) is 30.0 Å². The van der Waals surface area contributed by atoms with E-state index < -0.39 is 17.4 Å². The van der Waals surface area contributed by atoms with Gasteiger partial charge in [0.25, 0.3) is 11.8 Å². The molecule has 0 bridgehead atoms. The maximum Gasteiger partial charge on any atom is 0.329 e. The summed E-state index contributed by atoms with van der Waals surface area (Å²) >= 11 is 0. The normalized spacial score (nSPS) is 13.4. The molecule has 1 amide bonds. The second kappa shape index (κ2) is 9.53. The zero-order chi connectivity index (χ0) is 20.8. The topological polar surface area (TPSA) is 105 Å². The second-order valence-electron chi connectivity index (χ2n) is 6.96. The third kappa shape index (κ3) is 5.08. The van der Waals surface area contributed by atoms with Crippen LogP contribution in [-0.2, 0) is 4.79 Å². The van der Waals surface area contributed by atoms with E-state index in [1.165, 1.54) is 6.20 Å². The number of carboxylic acid groups (broad SMARTS) is 1. The Morgan fingerprint density at radius 3 is 2.22 bits per heavy atom. The van der Waals surface area contributed by atoms with Gasteiger partial charge >= 0.3 is 5.97 Å². The number of amides is 1. The van der Waals surface area contributed by atoms with E-state index in [0.29, 0.717) is 5.82 Å². The first-order valence-corrected chi connectivity index (χ1v) is 9.47. The SMILES string of the molecule is CCN(CC)c1ncc(C(=O)NC(CC)(C(=O)O)C(C)C)nc1OC(C)C. The molecule has 0 aliphatic rings. The smallest absolute Gasteiger partial charge is 0.329 e. The Morgan fingerprint density at radius 2 is 1.81 bits per heavy atom. The molecule has 8 heteroatoms. The van der Waals surface area contributed by atoms with E-state index in [4.69, 9.17) is 4.74 Å². The van der Waals surface area contributed by atoms with Gasteiger partial charge < -0.3 is 20.1 Å². The number of carbonyl (C=O) groups excluding carboxylic acids is 1. The maximum atomic E-state index is 12.7. The van der Waals surface area contributed by atoms with Gasteiger partial charge in [-0.2, -0.15) is 0 Å². The first kappa shape index (κ1) is 22.7. The van der Waals surface area contributed by atoms with Crippen molar-refractivity contribution in [2.75, 3.05) is 18.0 Å². The lowest BCUT2D eigenvalue weighted by atomic mass is 9.83. The van der Waals surface area contributed by atoms with Crippen molar-refractivity contribution in [2.45, 2.75) is 66.5 Å². The average molecular weight is 380 g/mol. The van der Waals surface area contributed by atoms with Crippen molar-refractivity contribution in [3.8, 4) is 5.88 Å². The summed E-state index contributed by atoms with van der Waals surface area (Å²) in [7, 11) is 0. The van der Waals surface area contributed by atoms with Gasteiger partial charge in [-0.05, 0) is 40.0 Å². The largest absolute Gasteiger partial charge is 0.479 e. The highest BCUT2D eigenvalue weighted by molar-refractivity contribution is 5.96. The molecule has 1 heterocycles. The van der Waals surface area contributed by atoms with Crippen LogP contribution in [-0.4, -0.2) is 51.7 Å². The zero-order valence-corrected chi connectivity index (χ0v) is 17.4. The third-order valence-electron chi connectivity index (χ3n) is 4.63. The predicted octanol–water partition coefficient (Wildman–Crippen LogP) is 2.73. The molecule has 0 aliphatic heterocycles. The van der Waals surface area contributed by atoms with Crippen LogP contribution in [0.3, 0.4) is 0 Å². The third-order valence-corrected chi connectivity index (χ3v) is 4.63.